The van der Waals surface area contributed by atoms with Crippen LogP contribution in [0.15, 0.2) is 18.2 Å². The van der Waals surface area contributed by atoms with E-state index < -0.39 is 0 Å². The molecule has 0 amide bonds. The normalized spacial score (nSPS) is 25.1. The Labute approximate surface area is 113 Å². The van der Waals surface area contributed by atoms with Crippen LogP contribution in [-0.2, 0) is 4.74 Å². The molecular formula is C14H20ClNO2. The highest BCUT2D eigenvalue weighted by atomic mass is 35.5. The van der Waals surface area contributed by atoms with Crippen molar-refractivity contribution in [1.29, 1.82) is 0 Å². The van der Waals surface area contributed by atoms with Gasteiger partial charge in [0.25, 0.3) is 0 Å². The topological polar surface area (TPSA) is 30.5 Å². The van der Waals surface area contributed by atoms with E-state index in [9.17, 15) is 0 Å². The summed E-state index contributed by atoms with van der Waals surface area (Å²) < 4.78 is 11.0. The van der Waals surface area contributed by atoms with Crippen molar-refractivity contribution in [2.45, 2.75) is 25.5 Å². The van der Waals surface area contributed by atoms with E-state index in [1.807, 2.05) is 25.2 Å². The smallest absolute Gasteiger partial charge is 0.120 e. The number of benzene rings is 1. The van der Waals surface area contributed by atoms with Gasteiger partial charge in [0, 0.05) is 11.6 Å². The lowest BCUT2D eigenvalue weighted by Gasteiger charge is -2.27. The molecular weight excluding hydrogens is 250 g/mol. The second-order valence-electron chi connectivity index (χ2n) is 4.76. The first kappa shape index (κ1) is 13.7. The first-order valence-corrected chi connectivity index (χ1v) is 6.67. The van der Waals surface area contributed by atoms with E-state index in [-0.39, 0.29) is 12.1 Å². The third kappa shape index (κ3) is 2.63. The third-order valence-corrected chi connectivity index (χ3v) is 3.95. The summed E-state index contributed by atoms with van der Waals surface area (Å²) in [5.41, 5.74) is 1.07. The Balaban J connectivity index is 2.27. The molecule has 1 heterocycles. The van der Waals surface area contributed by atoms with Crippen LogP contribution in [0.2, 0.25) is 5.02 Å². The zero-order valence-corrected chi connectivity index (χ0v) is 11.8. The van der Waals surface area contributed by atoms with E-state index >= 15 is 0 Å². The van der Waals surface area contributed by atoms with Crippen LogP contribution in [0.5, 0.6) is 5.75 Å². The van der Waals surface area contributed by atoms with E-state index in [0.717, 1.165) is 29.4 Å². The zero-order chi connectivity index (χ0) is 13.1. The molecule has 0 spiro atoms. The number of likely N-dealkylation sites (N-methyl/N-ethyl adjacent to an activating group) is 1. The summed E-state index contributed by atoms with van der Waals surface area (Å²) in [6.07, 6.45) is 1.29. The molecule has 18 heavy (non-hydrogen) atoms. The lowest BCUT2D eigenvalue weighted by atomic mass is 9.92. The van der Waals surface area contributed by atoms with Crippen molar-refractivity contribution in [2.75, 3.05) is 20.8 Å². The molecule has 0 aliphatic carbocycles. The average molecular weight is 270 g/mol. The monoisotopic (exact) mass is 269 g/mol. The molecule has 1 fully saturated rings. The molecule has 4 heteroatoms. The zero-order valence-electron chi connectivity index (χ0n) is 11.1. The van der Waals surface area contributed by atoms with Crippen LogP contribution < -0.4 is 10.1 Å². The number of methoxy groups -OCH3 is 1. The summed E-state index contributed by atoms with van der Waals surface area (Å²) in [7, 11) is 3.59. The van der Waals surface area contributed by atoms with Gasteiger partial charge in [-0.1, -0.05) is 24.6 Å². The van der Waals surface area contributed by atoms with Gasteiger partial charge in [0.1, 0.15) is 5.75 Å². The number of ether oxygens (including phenoxy) is 2. The Bertz CT molecular complexity index is 411. The first-order chi connectivity index (χ1) is 8.67. The lowest BCUT2D eigenvalue weighted by Crippen LogP contribution is -2.32. The van der Waals surface area contributed by atoms with Crippen LogP contribution in [0.1, 0.15) is 24.9 Å². The van der Waals surface area contributed by atoms with Crippen molar-refractivity contribution in [1.82, 2.24) is 5.32 Å². The molecule has 3 unspecified atom stereocenters. The maximum atomic E-state index is 6.33. The molecule has 3 nitrogen and oxygen atoms in total. The molecule has 1 aromatic rings. The van der Waals surface area contributed by atoms with Crippen molar-refractivity contribution in [3.05, 3.63) is 28.8 Å². The number of halogens is 1. The minimum atomic E-state index is 0.126. The highest BCUT2D eigenvalue weighted by molar-refractivity contribution is 6.31. The highest BCUT2D eigenvalue weighted by Crippen LogP contribution is 2.35. The van der Waals surface area contributed by atoms with Crippen LogP contribution in [0.3, 0.4) is 0 Å². The molecule has 100 valence electrons. The largest absolute Gasteiger partial charge is 0.497 e. The molecule has 0 aromatic heterocycles. The predicted molar refractivity (Wildman–Crippen MR) is 73.3 cm³/mol. The van der Waals surface area contributed by atoms with Crippen LogP contribution >= 0.6 is 11.6 Å². The molecule has 1 aliphatic rings. The van der Waals surface area contributed by atoms with Crippen molar-refractivity contribution in [3.63, 3.8) is 0 Å². The van der Waals surface area contributed by atoms with Gasteiger partial charge in [0.15, 0.2) is 0 Å². The summed E-state index contributed by atoms with van der Waals surface area (Å²) in [6.45, 7) is 3.05. The summed E-state index contributed by atoms with van der Waals surface area (Å²) in [5.74, 6) is 1.32. The van der Waals surface area contributed by atoms with Gasteiger partial charge < -0.3 is 14.8 Å². The predicted octanol–water partition coefficient (Wildman–Crippen LogP) is 3.03. The number of rotatable bonds is 4. The van der Waals surface area contributed by atoms with Crippen molar-refractivity contribution in [3.8, 4) is 5.75 Å². The molecule has 0 saturated carbocycles. The molecule has 0 bridgehead atoms. The van der Waals surface area contributed by atoms with Crippen LogP contribution in [0.25, 0.3) is 0 Å². The average Bonchev–Trinajstić information content (AvgIpc) is 2.78. The fourth-order valence-corrected chi connectivity index (χ4v) is 2.82. The maximum Gasteiger partial charge on any atom is 0.120 e. The van der Waals surface area contributed by atoms with Gasteiger partial charge in [0.2, 0.25) is 0 Å². The van der Waals surface area contributed by atoms with Crippen molar-refractivity contribution >= 4 is 11.6 Å². The van der Waals surface area contributed by atoms with Crippen LogP contribution in [0, 0.1) is 5.92 Å². The summed E-state index contributed by atoms with van der Waals surface area (Å²) >= 11 is 6.33. The molecule has 1 aromatic carbocycles. The van der Waals surface area contributed by atoms with Gasteiger partial charge in [-0.2, -0.15) is 0 Å². The number of nitrogens with one attached hydrogen (secondary N) is 1. The first-order valence-electron chi connectivity index (χ1n) is 6.29. The third-order valence-electron chi connectivity index (χ3n) is 3.63. The van der Waals surface area contributed by atoms with E-state index in [1.165, 1.54) is 0 Å². The Morgan fingerprint density at radius 3 is 2.78 bits per heavy atom. The second-order valence-corrected chi connectivity index (χ2v) is 5.16. The van der Waals surface area contributed by atoms with Gasteiger partial charge in [0.05, 0.1) is 19.3 Å². The summed E-state index contributed by atoms with van der Waals surface area (Å²) in [5, 5.41) is 4.04. The molecule has 1 N–H and O–H groups in total. The Hall–Kier alpha value is -0.770. The molecule has 2 rings (SSSR count). The van der Waals surface area contributed by atoms with Gasteiger partial charge in [-0.05, 0) is 37.1 Å². The standard InChI is InChI=1S/C14H20ClNO2/c1-9-6-7-18-14(9)13(16-2)11-5-4-10(17-3)8-12(11)15/h4-5,8-9,13-14,16H,6-7H2,1-3H3. The van der Waals surface area contributed by atoms with E-state index in [2.05, 4.69) is 12.2 Å². The SMILES string of the molecule is CNC(c1ccc(OC)cc1Cl)C1OCCC1C. The minimum absolute atomic E-state index is 0.126. The Morgan fingerprint density at radius 1 is 1.50 bits per heavy atom. The van der Waals surface area contributed by atoms with E-state index in [4.69, 9.17) is 21.1 Å². The lowest BCUT2D eigenvalue weighted by molar-refractivity contribution is 0.0631. The van der Waals surface area contributed by atoms with Gasteiger partial charge >= 0.3 is 0 Å². The van der Waals surface area contributed by atoms with Crippen LogP contribution in [0.4, 0.5) is 0 Å². The Kier molecular flexibility index (Phi) is 4.49. The van der Waals surface area contributed by atoms with Gasteiger partial charge in [-0.25, -0.2) is 0 Å². The van der Waals surface area contributed by atoms with E-state index in [1.54, 1.807) is 7.11 Å². The summed E-state index contributed by atoms with van der Waals surface area (Å²) in [4.78, 5) is 0. The quantitative estimate of drug-likeness (QED) is 0.911. The molecule has 3 atom stereocenters. The van der Waals surface area contributed by atoms with Crippen LogP contribution in [-0.4, -0.2) is 26.9 Å². The fraction of sp³-hybridized carbons (Fsp3) is 0.571. The number of hydrogen-bond acceptors (Lipinski definition) is 3. The van der Waals surface area contributed by atoms with Crippen molar-refractivity contribution < 1.29 is 9.47 Å². The molecule has 0 radical (unpaired) electrons. The Morgan fingerprint density at radius 2 is 2.28 bits per heavy atom. The van der Waals surface area contributed by atoms with Crippen molar-refractivity contribution in [2.24, 2.45) is 5.92 Å². The second kappa shape index (κ2) is 5.91. The van der Waals surface area contributed by atoms with E-state index in [0.29, 0.717) is 5.92 Å². The highest BCUT2D eigenvalue weighted by Gasteiger charge is 2.33. The fourth-order valence-electron chi connectivity index (χ4n) is 2.53. The van der Waals surface area contributed by atoms with Gasteiger partial charge in [-0.3, -0.25) is 0 Å². The molecule has 1 saturated heterocycles. The van der Waals surface area contributed by atoms with Gasteiger partial charge in [-0.15, -0.1) is 0 Å². The maximum absolute atomic E-state index is 6.33. The minimum Gasteiger partial charge on any atom is -0.497 e. The number of hydrogen-bond donors (Lipinski definition) is 1. The summed E-state index contributed by atoms with van der Waals surface area (Å²) in [6, 6.07) is 5.92. The molecule has 1 aliphatic heterocycles.